The van der Waals surface area contributed by atoms with Gasteiger partial charge in [-0.2, -0.15) is 0 Å². The summed E-state index contributed by atoms with van der Waals surface area (Å²) < 4.78 is 26.0. The Hall–Kier alpha value is -0.950. The number of nitrogens with zero attached hydrogens (tertiary/aromatic N) is 1. The maximum absolute atomic E-state index is 13.1. The second kappa shape index (κ2) is 9.94. The van der Waals surface area contributed by atoms with E-state index in [2.05, 4.69) is 10.2 Å². The molecule has 0 bridgehead atoms. The van der Waals surface area contributed by atoms with Crippen molar-refractivity contribution in [2.45, 2.75) is 25.4 Å². The summed E-state index contributed by atoms with van der Waals surface area (Å²) in [5.74, 6) is -1.77. The lowest BCUT2D eigenvalue weighted by molar-refractivity contribution is -0.120. The molecule has 126 valence electrons. The monoisotopic (exact) mass is 355 g/mol. The van der Waals surface area contributed by atoms with Crippen molar-refractivity contribution in [3.63, 3.8) is 0 Å². The van der Waals surface area contributed by atoms with Gasteiger partial charge in [-0.15, -0.1) is 24.8 Å². The minimum atomic E-state index is -0.822. The molecule has 1 saturated heterocycles. The van der Waals surface area contributed by atoms with Gasteiger partial charge in [0.1, 0.15) is 0 Å². The molecule has 1 aromatic carbocycles. The Morgan fingerprint density at radius 3 is 2.41 bits per heavy atom. The highest BCUT2D eigenvalue weighted by molar-refractivity contribution is 5.85. The average Bonchev–Trinajstić information content (AvgIpc) is 2.45. The minimum absolute atomic E-state index is 0. The molecule has 0 spiro atoms. The summed E-state index contributed by atoms with van der Waals surface area (Å²) in [6.45, 7) is 2.23. The fraction of sp³-hybridized carbons (Fsp3) is 0.500. The Kier molecular flexibility index (Phi) is 9.51. The summed E-state index contributed by atoms with van der Waals surface area (Å²) in [6.07, 6.45) is 1.69. The molecule has 2 rings (SSSR count). The number of amides is 1. The van der Waals surface area contributed by atoms with Crippen LogP contribution in [-0.4, -0.2) is 36.5 Å². The van der Waals surface area contributed by atoms with E-state index in [0.717, 1.165) is 37.6 Å². The second-order valence-electron chi connectivity index (χ2n) is 5.07. The molecule has 4 nitrogen and oxygen atoms in total. The molecule has 1 fully saturated rings. The topological polar surface area (TPSA) is 58.4 Å². The van der Waals surface area contributed by atoms with E-state index in [1.54, 1.807) is 6.07 Å². The van der Waals surface area contributed by atoms with E-state index in [1.165, 1.54) is 6.07 Å². The highest BCUT2D eigenvalue weighted by atomic mass is 35.5. The van der Waals surface area contributed by atoms with Crippen molar-refractivity contribution < 1.29 is 13.6 Å². The molecule has 0 unspecified atom stereocenters. The SMILES string of the molecule is Cl.Cl.NCC(=O)NC1CCN(Cc2ccc(F)c(F)c2)CC1. The number of nitrogens with two attached hydrogens (primary N) is 1. The number of likely N-dealkylation sites (tertiary alicyclic amines) is 1. The molecule has 8 heteroatoms. The fourth-order valence-corrected chi connectivity index (χ4v) is 2.42. The van der Waals surface area contributed by atoms with E-state index in [-0.39, 0.29) is 43.3 Å². The zero-order chi connectivity index (χ0) is 14.5. The number of piperidine rings is 1. The van der Waals surface area contributed by atoms with Crippen molar-refractivity contribution >= 4 is 30.7 Å². The first kappa shape index (κ1) is 21.0. The number of nitrogens with one attached hydrogen (secondary N) is 1. The number of carbonyl (C=O) groups excluding carboxylic acids is 1. The van der Waals surface area contributed by atoms with Gasteiger partial charge in [0.05, 0.1) is 6.54 Å². The third-order valence-electron chi connectivity index (χ3n) is 3.53. The molecular weight excluding hydrogens is 335 g/mol. The first-order chi connectivity index (χ1) is 9.58. The fourth-order valence-electron chi connectivity index (χ4n) is 2.42. The molecule has 0 atom stereocenters. The number of halogens is 4. The normalized spacial score (nSPS) is 15.6. The second-order valence-corrected chi connectivity index (χ2v) is 5.07. The Labute approximate surface area is 141 Å². The van der Waals surface area contributed by atoms with Crippen molar-refractivity contribution in [2.24, 2.45) is 5.73 Å². The molecular formula is C14H21Cl2F2N3O. The summed E-state index contributed by atoms with van der Waals surface area (Å²) in [5.41, 5.74) is 6.01. The summed E-state index contributed by atoms with van der Waals surface area (Å²) >= 11 is 0. The summed E-state index contributed by atoms with van der Waals surface area (Å²) in [5, 5.41) is 2.87. The van der Waals surface area contributed by atoms with Crippen molar-refractivity contribution in [1.29, 1.82) is 0 Å². The van der Waals surface area contributed by atoms with Gasteiger partial charge in [0, 0.05) is 25.7 Å². The largest absolute Gasteiger partial charge is 0.352 e. The maximum Gasteiger partial charge on any atom is 0.233 e. The molecule has 1 heterocycles. The highest BCUT2D eigenvalue weighted by Crippen LogP contribution is 2.15. The van der Waals surface area contributed by atoms with Crippen LogP contribution in [0.3, 0.4) is 0 Å². The molecule has 0 saturated carbocycles. The van der Waals surface area contributed by atoms with E-state index in [1.807, 2.05) is 0 Å². The van der Waals surface area contributed by atoms with Crippen LogP contribution in [0.4, 0.5) is 8.78 Å². The van der Waals surface area contributed by atoms with Gasteiger partial charge in [0.25, 0.3) is 0 Å². The van der Waals surface area contributed by atoms with Gasteiger partial charge in [-0.1, -0.05) is 6.07 Å². The van der Waals surface area contributed by atoms with E-state index in [0.29, 0.717) is 6.54 Å². The van der Waals surface area contributed by atoms with Crippen LogP contribution in [0, 0.1) is 11.6 Å². The summed E-state index contributed by atoms with van der Waals surface area (Å²) in [4.78, 5) is 13.4. The lowest BCUT2D eigenvalue weighted by atomic mass is 10.0. The third-order valence-corrected chi connectivity index (χ3v) is 3.53. The quantitative estimate of drug-likeness (QED) is 0.866. The van der Waals surface area contributed by atoms with Crippen molar-refractivity contribution in [1.82, 2.24) is 10.2 Å². The van der Waals surface area contributed by atoms with Gasteiger partial charge in [0.2, 0.25) is 5.91 Å². The number of rotatable bonds is 4. The van der Waals surface area contributed by atoms with E-state index in [9.17, 15) is 13.6 Å². The number of carbonyl (C=O) groups is 1. The average molecular weight is 356 g/mol. The lowest BCUT2D eigenvalue weighted by Crippen LogP contribution is -2.46. The van der Waals surface area contributed by atoms with Crippen molar-refractivity contribution in [2.75, 3.05) is 19.6 Å². The van der Waals surface area contributed by atoms with E-state index >= 15 is 0 Å². The van der Waals surface area contributed by atoms with Crippen molar-refractivity contribution in [3.8, 4) is 0 Å². The van der Waals surface area contributed by atoms with Crippen LogP contribution >= 0.6 is 24.8 Å². The van der Waals surface area contributed by atoms with Gasteiger partial charge >= 0.3 is 0 Å². The van der Waals surface area contributed by atoms with E-state index < -0.39 is 11.6 Å². The predicted octanol–water partition coefficient (Wildman–Crippen LogP) is 1.85. The van der Waals surface area contributed by atoms with Gasteiger partial charge in [-0.25, -0.2) is 8.78 Å². The van der Waals surface area contributed by atoms with Crippen LogP contribution in [0.25, 0.3) is 0 Å². The number of hydrogen-bond acceptors (Lipinski definition) is 3. The van der Waals surface area contributed by atoms with Crippen LogP contribution in [0.2, 0.25) is 0 Å². The smallest absolute Gasteiger partial charge is 0.233 e. The van der Waals surface area contributed by atoms with Gasteiger partial charge in [0.15, 0.2) is 11.6 Å². The van der Waals surface area contributed by atoms with Gasteiger partial charge in [-0.3, -0.25) is 9.69 Å². The number of hydrogen-bond donors (Lipinski definition) is 2. The lowest BCUT2D eigenvalue weighted by Gasteiger charge is -2.32. The molecule has 1 aliphatic heterocycles. The van der Waals surface area contributed by atoms with Gasteiger partial charge in [-0.05, 0) is 30.5 Å². The molecule has 3 N–H and O–H groups in total. The molecule has 22 heavy (non-hydrogen) atoms. The van der Waals surface area contributed by atoms with Crippen LogP contribution in [0.15, 0.2) is 18.2 Å². The zero-order valence-corrected chi connectivity index (χ0v) is 13.7. The third kappa shape index (κ3) is 6.04. The highest BCUT2D eigenvalue weighted by Gasteiger charge is 2.20. The Morgan fingerprint density at radius 2 is 1.86 bits per heavy atom. The van der Waals surface area contributed by atoms with Crippen LogP contribution in [0.5, 0.6) is 0 Å². The molecule has 0 aliphatic carbocycles. The predicted molar refractivity (Wildman–Crippen MR) is 86.4 cm³/mol. The summed E-state index contributed by atoms with van der Waals surface area (Å²) in [6, 6.07) is 4.14. The Bertz CT molecular complexity index is 483. The Morgan fingerprint density at radius 1 is 1.23 bits per heavy atom. The number of benzene rings is 1. The van der Waals surface area contributed by atoms with E-state index in [4.69, 9.17) is 5.73 Å². The zero-order valence-electron chi connectivity index (χ0n) is 12.1. The minimum Gasteiger partial charge on any atom is -0.352 e. The molecule has 1 aliphatic rings. The van der Waals surface area contributed by atoms with Crippen LogP contribution in [-0.2, 0) is 11.3 Å². The Balaban J connectivity index is 0.00000220. The van der Waals surface area contributed by atoms with Crippen molar-refractivity contribution in [3.05, 3.63) is 35.4 Å². The molecule has 1 amide bonds. The summed E-state index contributed by atoms with van der Waals surface area (Å²) in [7, 11) is 0. The molecule has 0 aromatic heterocycles. The first-order valence-corrected chi connectivity index (χ1v) is 6.74. The standard InChI is InChI=1S/C14H19F2N3O.2ClH/c15-12-2-1-10(7-13(12)16)9-19-5-3-11(4-6-19)18-14(20)8-17;;/h1-2,7,11H,3-6,8-9,17H2,(H,18,20);2*1H. The first-order valence-electron chi connectivity index (χ1n) is 6.74. The van der Waals surface area contributed by atoms with Crippen LogP contribution in [0.1, 0.15) is 18.4 Å². The van der Waals surface area contributed by atoms with Crippen LogP contribution < -0.4 is 11.1 Å². The van der Waals surface area contributed by atoms with Gasteiger partial charge < -0.3 is 11.1 Å². The molecule has 1 aromatic rings. The maximum atomic E-state index is 13.1. The molecule has 0 radical (unpaired) electrons.